The van der Waals surface area contributed by atoms with Gasteiger partial charge in [-0.25, -0.2) is 0 Å². The lowest BCUT2D eigenvalue weighted by Gasteiger charge is -2.31. The van der Waals surface area contributed by atoms with E-state index in [0.717, 1.165) is 68.2 Å². The van der Waals surface area contributed by atoms with Gasteiger partial charge in [-0.05, 0) is 102 Å². The molecule has 5 rings (SSSR count). The van der Waals surface area contributed by atoms with Gasteiger partial charge in [0.15, 0.2) is 0 Å². The summed E-state index contributed by atoms with van der Waals surface area (Å²) in [5.41, 5.74) is 8.24. The average Bonchev–Trinajstić information content (AvgIpc) is 3.04. The topological polar surface area (TPSA) is 60.8 Å². The van der Waals surface area contributed by atoms with Gasteiger partial charge in [-0.1, -0.05) is 30.3 Å². The van der Waals surface area contributed by atoms with Crippen molar-refractivity contribution < 1.29 is 15.0 Å². The fourth-order valence-corrected chi connectivity index (χ4v) is 5.19. The van der Waals surface area contributed by atoms with Crippen LogP contribution in [-0.2, 0) is 11.2 Å². The number of aryl methyl sites for hydroxylation is 1. The van der Waals surface area contributed by atoms with Gasteiger partial charge >= 0.3 is 0 Å². The van der Waals surface area contributed by atoms with Crippen molar-refractivity contribution in [3.8, 4) is 11.5 Å². The zero-order valence-electron chi connectivity index (χ0n) is 18.7. The number of anilines is 1. The van der Waals surface area contributed by atoms with Crippen LogP contribution in [-0.4, -0.2) is 29.6 Å². The van der Waals surface area contributed by atoms with Crippen LogP contribution in [0.1, 0.15) is 47.9 Å². The van der Waals surface area contributed by atoms with Gasteiger partial charge in [0, 0.05) is 24.7 Å². The molecule has 0 aromatic heterocycles. The van der Waals surface area contributed by atoms with Crippen LogP contribution in [0.2, 0.25) is 0 Å². The lowest BCUT2D eigenvalue weighted by Crippen LogP contribution is -2.34. The normalized spacial score (nSPS) is 16.9. The molecule has 4 nitrogen and oxygen atoms in total. The molecule has 1 heterocycles. The third-order valence-electron chi connectivity index (χ3n) is 7.00. The Kier molecular flexibility index (Phi) is 5.91. The smallest absolute Gasteiger partial charge is 0.123 e. The van der Waals surface area contributed by atoms with E-state index < -0.39 is 0 Å². The quantitative estimate of drug-likeness (QED) is 0.504. The van der Waals surface area contributed by atoms with Gasteiger partial charge in [0.1, 0.15) is 17.8 Å². The van der Waals surface area contributed by atoms with Gasteiger partial charge in [0.25, 0.3) is 0 Å². The molecule has 168 valence electrons. The highest BCUT2D eigenvalue weighted by atomic mass is 16.3. The molecule has 0 radical (unpaired) electrons. The zero-order chi connectivity index (χ0) is 22.8. The Balaban J connectivity index is 1.57. The molecule has 2 aliphatic rings. The van der Waals surface area contributed by atoms with Crippen molar-refractivity contribution >= 4 is 23.1 Å². The molecule has 0 atom stereocenters. The number of piperidine rings is 1. The largest absolute Gasteiger partial charge is 0.508 e. The molecular weight excluding hydrogens is 410 g/mol. The first-order valence-corrected chi connectivity index (χ1v) is 11.8. The second kappa shape index (κ2) is 9.14. The fraction of sp³-hybridized carbons (Fsp3) is 0.276. The highest BCUT2D eigenvalue weighted by Crippen LogP contribution is 2.41. The molecule has 0 spiro atoms. The first-order valence-electron chi connectivity index (χ1n) is 11.8. The number of hydrogen-bond donors (Lipinski definition) is 2. The minimum Gasteiger partial charge on any atom is -0.508 e. The summed E-state index contributed by atoms with van der Waals surface area (Å²) in [5.74, 6) is 0.759. The Hall–Kier alpha value is -3.53. The summed E-state index contributed by atoms with van der Waals surface area (Å²) in [5, 5.41) is 19.9. The van der Waals surface area contributed by atoms with E-state index in [0.29, 0.717) is 5.75 Å². The lowest BCUT2D eigenvalue weighted by molar-refractivity contribution is -0.111. The zero-order valence-corrected chi connectivity index (χ0v) is 18.7. The van der Waals surface area contributed by atoms with Gasteiger partial charge in [-0.2, -0.15) is 0 Å². The maximum Gasteiger partial charge on any atom is 0.123 e. The van der Waals surface area contributed by atoms with E-state index in [1.54, 1.807) is 18.2 Å². The first kappa shape index (κ1) is 21.3. The molecule has 2 N–H and O–H groups in total. The number of benzene rings is 3. The summed E-state index contributed by atoms with van der Waals surface area (Å²) in [4.78, 5) is 13.4. The molecule has 4 heteroatoms. The van der Waals surface area contributed by atoms with E-state index in [9.17, 15) is 15.0 Å². The van der Waals surface area contributed by atoms with Gasteiger partial charge in [-0.15, -0.1) is 0 Å². The van der Waals surface area contributed by atoms with Crippen molar-refractivity contribution in [2.75, 3.05) is 18.0 Å². The van der Waals surface area contributed by atoms with Gasteiger partial charge < -0.3 is 19.9 Å². The van der Waals surface area contributed by atoms with Crippen molar-refractivity contribution in [1.82, 2.24) is 0 Å². The molecule has 1 aliphatic carbocycles. The molecule has 0 bridgehead atoms. The Morgan fingerprint density at radius 3 is 2.15 bits per heavy atom. The van der Waals surface area contributed by atoms with Gasteiger partial charge in [-0.3, -0.25) is 0 Å². The summed E-state index contributed by atoms with van der Waals surface area (Å²) < 4.78 is 0. The predicted molar refractivity (Wildman–Crippen MR) is 133 cm³/mol. The summed E-state index contributed by atoms with van der Waals surface area (Å²) in [6, 6.07) is 21.9. The molecule has 0 unspecified atom stereocenters. The van der Waals surface area contributed by atoms with Crippen LogP contribution in [0, 0.1) is 5.92 Å². The van der Waals surface area contributed by atoms with Crippen molar-refractivity contribution in [3.63, 3.8) is 0 Å². The van der Waals surface area contributed by atoms with E-state index in [2.05, 4.69) is 29.2 Å². The first-order chi connectivity index (χ1) is 16.1. The second-order valence-electron chi connectivity index (χ2n) is 9.10. The minimum atomic E-state index is 0.192. The van der Waals surface area contributed by atoms with Crippen LogP contribution in [0.5, 0.6) is 11.5 Å². The predicted octanol–water partition coefficient (Wildman–Crippen LogP) is 5.81. The van der Waals surface area contributed by atoms with Crippen LogP contribution >= 0.6 is 0 Å². The monoisotopic (exact) mass is 439 g/mol. The number of phenols is 2. The number of aromatic hydroxyl groups is 2. The number of carbonyl (C=O) groups is 1. The number of allylic oxidation sites excluding steroid dienone is 1. The van der Waals surface area contributed by atoms with E-state index in [1.807, 2.05) is 24.3 Å². The van der Waals surface area contributed by atoms with E-state index in [-0.39, 0.29) is 11.7 Å². The van der Waals surface area contributed by atoms with Crippen molar-refractivity contribution in [2.24, 2.45) is 5.92 Å². The molecule has 0 saturated carbocycles. The van der Waals surface area contributed by atoms with E-state index in [1.165, 1.54) is 22.4 Å². The van der Waals surface area contributed by atoms with Crippen LogP contribution in [0.15, 0.2) is 66.7 Å². The van der Waals surface area contributed by atoms with Crippen molar-refractivity contribution in [2.45, 2.75) is 32.1 Å². The van der Waals surface area contributed by atoms with Crippen LogP contribution in [0.4, 0.5) is 5.69 Å². The Bertz CT molecular complexity index is 1170. The highest BCUT2D eigenvalue weighted by molar-refractivity contribution is 6.00. The molecule has 1 aliphatic heterocycles. The molecule has 1 saturated heterocycles. The minimum absolute atomic E-state index is 0.192. The second-order valence-corrected chi connectivity index (χ2v) is 9.10. The van der Waals surface area contributed by atoms with Crippen LogP contribution in [0.25, 0.3) is 11.1 Å². The lowest BCUT2D eigenvalue weighted by atomic mass is 9.87. The van der Waals surface area contributed by atoms with E-state index >= 15 is 0 Å². The maximum absolute atomic E-state index is 11.1. The number of phenolic OH excluding ortho intramolecular Hbond substituents is 2. The SMILES string of the molecule is O=CC1CCN(c2ccc(C3=C(c4ccc(O)cc4)CCCc4cc(O)ccc43)cc2)CC1. The van der Waals surface area contributed by atoms with Crippen molar-refractivity contribution in [1.29, 1.82) is 0 Å². The van der Waals surface area contributed by atoms with Gasteiger partial charge in [0.05, 0.1) is 0 Å². The van der Waals surface area contributed by atoms with Crippen LogP contribution in [0.3, 0.4) is 0 Å². The number of rotatable bonds is 4. The summed E-state index contributed by atoms with van der Waals surface area (Å²) >= 11 is 0. The summed E-state index contributed by atoms with van der Waals surface area (Å²) in [7, 11) is 0. The Morgan fingerprint density at radius 1 is 0.788 bits per heavy atom. The molecule has 3 aromatic carbocycles. The maximum atomic E-state index is 11.1. The van der Waals surface area contributed by atoms with Gasteiger partial charge in [0.2, 0.25) is 0 Å². The number of fused-ring (bicyclic) bond motifs is 1. The Labute approximate surface area is 194 Å². The third kappa shape index (κ3) is 4.38. The number of nitrogens with zero attached hydrogens (tertiary/aromatic N) is 1. The highest BCUT2D eigenvalue weighted by Gasteiger charge is 2.22. The summed E-state index contributed by atoms with van der Waals surface area (Å²) in [6.07, 6.45) is 5.77. The third-order valence-corrected chi connectivity index (χ3v) is 7.00. The molecule has 33 heavy (non-hydrogen) atoms. The fourth-order valence-electron chi connectivity index (χ4n) is 5.19. The molecule has 1 fully saturated rings. The molecule has 3 aromatic rings. The number of hydrogen-bond acceptors (Lipinski definition) is 4. The molecule has 0 amide bonds. The Morgan fingerprint density at radius 2 is 1.45 bits per heavy atom. The van der Waals surface area contributed by atoms with Crippen molar-refractivity contribution in [3.05, 3.63) is 89.0 Å². The van der Waals surface area contributed by atoms with E-state index in [4.69, 9.17) is 0 Å². The summed E-state index contributed by atoms with van der Waals surface area (Å²) in [6.45, 7) is 1.82. The number of carbonyl (C=O) groups excluding carboxylic acids is 1. The van der Waals surface area contributed by atoms with Crippen LogP contribution < -0.4 is 4.90 Å². The standard InChI is InChI=1S/C29H29NO3/c31-19-20-14-16-30(17-15-20)24-8-4-22(5-9-24)29-27(21-6-10-25(32)11-7-21)3-1-2-23-18-26(33)12-13-28(23)29/h4-13,18-20,32-33H,1-3,14-17H2. The number of aldehydes is 1. The molecular formula is C29H29NO3. The average molecular weight is 440 g/mol.